The maximum atomic E-state index is 13.4. The van der Waals surface area contributed by atoms with Crippen LogP contribution in [0.15, 0.2) is 18.2 Å². The number of ketones is 2. The Labute approximate surface area is 163 Å². The van der Waals surface area contributed by atoms with Crippen molar-refractivity contribution in [2.24, 2.45) is 11.3 Å². The number of methoxy groups -OCH3 is 2. The largest absolute Gasteiger partial charge is 0.493 e. The summed E-state index contributed by atoms with van der Waals surface area (Å²) in [5.74, 6) is -0.644. The van der Waals surface area contributed by atoms with Gasteiger partial charge >= 0.3 is 5.97 Å². The van der Waals surface area contributed by atoms with Crippen LogP contribution in [0, 0.1) is 11.3 Å². The first-order chi connectivity index (χ1) is 13.1. The third-order valence-electron chi connectivity index (χ3n) is 6.51. The van der Waals surface area contributed by atoms with Gasteiger partial charge in [0.05, 0.1) is 14.2 Å². The molecule has 1 aromatic carbocycles. The number of carbonyl (C=O) groups is 3. The lowest BCUT2D eigenvalue weighted by molar-refractivity contribution is -0.143. The number of hydrogen-bond acceptors (Lipinski definition) is 6. The van der Waals surface area contributed by atoms with E-state index < -0.39 is 28.8 Å². The highest BCUT2D eigenvalue weighted by atomic mass is 16.6. The zero-order valence-corrected chi connectivity index (χ0v) is 16.9. The molecule has 6 nitrogen and oxygen atoms in total. The molecule has 4 rings (SSSR count). The van der Waals surface area contributed by atoms with Gasteiger partial charge in [0, 0.05) is 28.0 Å². The van der Waals surface area contributed by atoms with Crippen LogP contribution in [0.4, 0.5) is 0 Å². The van der Waals surface area contributed by atoms with E-state index in [0.717, 1.165) is 5.56 Å². The van der Waals surface area contributed by atoms with Crippen LogP contribution in [0.5, 0.6) is 11.5 Å². The number of rotatable bonds is 3. The van der Waals surface area contributed by atoms with Crippen molar-refractivity contribution in [1.82, 2.24) is 0 Å². The number of hydrogen-bond donors (Lipinski definition) is 0. The fourth-order valence-corrected chi connectivity index (χ4v) is 5.14. The molecule has 0 unspecified atom stereocenters. The number of allylic oxidation sites excluding steroid dienone is 1. The highest BCUT2D eigenvalue weighted by molar-refractivity contribution is 6.14. The molecule has 2 aliphatic carbocycles. The summed E-state index contributed by atoms with van der Waals surface area (Å²) >= 11 is 0. The highest BCUT2D eigenvalue weighted by Crippen LogP contribution is 2.62. The van der Waals surface area contributed by atoms with E-state index in [1.165, 1.54) is 20.3 Å². The van der Waals surface area contributed by atoms with E-state index in [0.29, 0.717) is 22.6 Å². The van der Waals surface area contributed by atoms with Crippen molar-refractivity contribution in [2.45, 2.75) is 45.1 Å². The normalized spacial score (nSPS) is 29.5. The molecule has 1 heterocycles. The van der Waals surface area contributed by atoms with Crippen LogP contribution in [-0.4, -0.2) is 37.9 Å². The van der Waals surface area contributed by atoms with Gasteiger partial charge in [0.15, 0.2) is 23.4 Å². The number of fused-ring (bicyclic) bond motifs is 1. The van der Waals surface area contributed by atoms with Gasteiger partial charge in [-0.05, 0) is 18.1 Å². The molecule has 148 valence electrons. The first-order valence-electron chi connectivity index (χ1n) is 9.41. The van der Waals surface area contributed by atoms with Gasteiger partial charge < -0.3 is 14.2 Å². The predicted molar refractivity (Wildman–Crippen MR) is 101 cm³/mol. The minimum atomic E-state index is -1.25. The molecule has 0 N–H and O–H groups in total. The summed E-state index contributed by atoms with van der Waals surface area (Å²) in [6, 6.07) is 1.79. The summed E-state index contributed by atoms with van der Waals surface area (Å²) in [6.45, 7) is 7.52. The minimum absolute atomic E-state index is 0.0753. The number of ether oxygens (including phenoxy) is 3. The molecule has 3 aliphatic rings. The molecular formula is C22H24O6. The van der Waals surface area contributed by atoms with E-state index in [4.69, 9.17) is 14.2 Å². The first-order valence-corrected chi connectivity index (χ1v) is 9.41. The highest BCUT2D eigenvalue weighted by Gasteiger charge is 2.71. The molecule has 0 aromatic heterocycles. The van der Waals surface area contributed by atoms with Crippen molar-refractivity contribution < 1.29 is 28.6 Å². The lowest BCUT2D eigenvalue weighted by atomic mass is 9.51. The summed E-state index contributed by atoms with van der Waals surface area (Å²) in [5.41, 5.74) is -0.513. The van der Waals surface area contributed by atoms with Crippen molar-refractivity contribution in [3.63, 3.8) is 0 Å². The van der Waals surface area contributed by atoms with E-state index in [9.17, 15) is 14.4 Å². The first kappa shape index (κ1) is 18.7. The van der Waals surface area contributed by atoms with E-state index in [-0.39, 0.29) is 17.5 Å². The Hall–Kier alpha value is -2.63. The maximum Gasteiger partial charge on any atom is 0.321 e. The average molecular weight is 384 g/mol. The second-order valence-corrected chi connectivity index (χ2v) is 8.57. The van der Waals surface area contributed by atoms with E-state index >= 15 is 0 Å². The van der Waals surface area contributed by atoms with Crippen LogP contribution in [0.2, 0.25) is 0 Å². The monoisotopic (exact) mass is 384 g/mol. The molecule has 3 atom stereocenters. The minimum Gasteiger partial charge on any atom is -0.493 e. The smallest absolute Gasteiger partial charge is 0.321 e. The fraction of sp³-hybridized carbons (Fsp3) is 0.500. The Morgan fingerprint density at radius 1 is 1.07 bits per heavy atom. The molecule has 0 saturated carbocycles. The SMILES string of the molecule is COc1c(C(C)C)cc2c(c1OC)[C@@]13C=CC(=O)C(C)(C)[C@@H]1[C@H](OC3=O)C2=O. The van der Waals surface area contributed by atoms with Crippen LogP contribution in [-0.2, 0) is 19.7 Å². The van der Waals surface area contributed by atoms with E-state index in [1.807, 2.05) is 13.8 Å². The molecule has 2 bridgehead atoms. The second kappa shape index (κ2) is 5.69. The number of carbonyl (C=O) groups excluding carboxylic acids is 3. The van der Waals surface area contributed by atoms with Crippen LogP contribution >= 0.6 is 0 Å². The topological polar surface area (TPSA) is 78.9 Å². The predicted octanol–water partition coefficient (Wildman–Crippen LogP) is 2.97. The average Bonchev–Trinajstić information content (AvgIpc) is 2.92. The van der Waals surface area contributed by atoms with Crippen LogP contribution in [0.1, 0.15) is 55.1 Å². The third-order valence-corrected chi connectivity index (χ3v) is 6.51. The van der Waals surface area contributed by atoms with Gasteiger partial charge in [-0.25, -0.2) is 0 Å². The Balaban J connectivity index is 2.16. The van der Waals surface area contributed by atoms with E-state index in [2.05, 4.69) is 0 Å². The Morgan fingerprint density at radius 3 is 2.29 bits per heavy atom. The molecule has 1 aliphatic heterocycles. The van der Waals surface area contributed by atoms with Gasteiger partial charge in [-0.15, -0.1) is 0 Å². The third kappa shape index (κ3) is 1.95. The molecule has 1 fully saturated rings. The van der Waals surface area contributed by atoms with Crippen molar-refractivity contribution in [2.75, 3.05) is 14.2 Å². The molecule has 1 aromatic rings. The summed E-state index contributed by atoms with van der Waals surface area (Å²) in [7, 11) is 3.03. The second-order valence-electron chi connectivity index (χ2n) is 8.57. The van der Waals surface area contributed by atoms with Gasteiger partial charge in [-0.1, -0.05) is 33.8 Å². The lowest BCUT2D eigenvalue weighted by Gasteiger charge is -2.46. The number of benzene rings is 1. The lowest BCUT2D eigenvalue weighted by Crippen LogP contribution is -2.56. The molecule has 0 radical (unpaired) electrons. The Bertz CT molecular complexity index is 954. The van der Waals surface area contributed by atoms with Crippen molar-refractivity contribution in [1.29, 1.82) is 0 Å². The molecule has 0 amide bonds. The summed E-state index contributed by atoms with van der Waals surface area (Å²) in [6.07, 6.45) is 2.04. The Morgan fingerprint density at radius 2 is 1.71 bits per heavy atom. The summed E-state index contributed by atoms with van der Waals surface area (Å²) < 4.78 is 16.9. The zero-order valence-electron chi connectivity index (χ0n) is 16.9. The van der Waals surface area contributed by atoms with Gasteiger partial charge in [-0.2, -0.15) is 0 Å². The van der Waals surface area contributed by atoms with E-state index in [1.54, 1.807) is 26.0 Å². The molecule has 6 heteroatoms. The molecule has 28 heavy (non-hydrogen) atoms. The van der Waals surface area contributed by atoms with Gasteiger partial charge in [0.1, 0.15) is 5.41 Å². The zero-order chi connectivity index (χ0) is 20.6. The quantitative estimate of drug-likeness (QED) is 0.746. The van der Waals surface area contributed by atoms with Gasteiger partial charge in [0.25, 0.3) is 0 Å². The van der Waals surface area contributed by atoms with Crippen LogP contribution in [0.3, 0.4) is 0 Å². The molecular weight excluding hydrogens is 360 g/mol. The standard InChI is InChI=1S/C22H24O6/c1-10(2)11-9-12-14(17(27-6)16(11)26-5)22-8-7-13(23)21(3,4)19(22)18(15(12)24)28-20(22)25/h7-10,18-19H,1-6H3/t18-,19+,22+/m1/s1. The van der Waals surface area contributed by atoms with Gasteiger partial charge in [-0.3, -0.25) is 14.4 Å². The van der Waals surface area contributed by atoms with Crippen molar-refractivity contribution in [3.8, 4) is 11.5 Å². The van der Waals surface area contributed by atoms with Gasteiger partial charge in [0.2, 0.25) is 5.78 Å². The van der Waals surface area contributed by atoms with Crippen molar-refractivity contribution in [3.05, 3.63) is 34.9 Å². The van der Waals surface area contributed by atoms with Crippen LogP contribution < -0.4 is 9.47 Å². The number of Topliss-reactive ketones (excluding diaryl/α,β-unsaturated/α-hetero) is 1. The summed E-state index contributed by atoms with van der Waals surface area (Å²) in [5, 5.41) is 0. The van der Waals surface area contributed by atoms with Crippen LogP contribution in [0.25, 0.3) is 0 Å². The molecule has 1 saturated heterocycles. The Kier molecular flexibility index (Phi) is 3.80. The fourth-order valence-electron chi connectivity index (χ4n) is 5.14. The summed E-state index contributed by atoms with van der Waals surface area (Å²) in [4.78, 5) is 39.2. The number of esters is 1. The maximum absolute atomic E-state index is 13.4. The molecule has 0 spiro atoms. The van der Waals surface area contributed by atoms with Crippen molar-refractivity contribution >= 4 is 17.5 Å².